The highest BCUT2D eigenvalue weighted by Crippen LogP contribution is 2.28. The average molecular weight is 356 g/mol. The van der Waals surface area contributed by atoms with Gasteiger partial charge in [0, 0.05) is 27.9 Å². The fourth-order valence-electron chi connectivity index (χ4n) is 3.29. The molecule has 1 aromatic carbocycles. The molecule has 0 spiro atoms. The second-order valence-electron chi connectivity index (χ2n) is 5.92. The molecule has 0 amide bonds. The molecule has 0 bridgehead atoms. The highest BCUT2D eigenvalue weighted by molar-refractivity contribution is 6.78. The monoisotopic (exact) mass is 355 g/mol. The van der Waals surface area contributed by atoms with Crippen LogP contribution in [0.5, 0.6) is 0 Å². The zero-order valence-electron chi connectivity index (χ0n) is 15.6. The van der Waals surface area contributed by atoms with Gasteiger partial charge in [0.2, 0.25) is 0 Å². The van der Waals surface area contributed by atoms with Crippen molar-refractivity contribution >= 4 is 17.0 Å². The van der Waals surface area contributed by atoms with Crippen molar-refractivity contribution in [3.8, 4) is 0 Å². The van der Waals surface area contributed by atoms with Crippen LogP contribution in [0.1, 0.15) is 26.3 Å². The summed E-state index contributed by atoms with van der Waals surface area (Å²) in [5.74, 6) is 0. The van der Waals surface area contributed by atoms with Crippen LogP contribution in [0.2, 0.25) is 18.1 Å². The van der Waals surface area contributed by atoms with Gasteiger partial charge in [0.25, 0.3) is 0 Å². The summed E-state index contributed by atoms with van der Waals surface area (Å²) in [6, 6.07) is 14.4. The lowest BCUT2D eigenvalue weighted by atomic mass is 10.2. The molecule has 132 valence electrons. The molecule has 0 fully saturated rings. The van der Waals surface area contributed by atoms with Crippen LogP contribution in [-0.4, -0.2) is 49.1 Å². The molecule has 0 atom stereocenters. The van der Waals surface area contributed by atoms with Crippen LogP contribution < -0.4 is 0 Å². The maximum absolute atomic E-state index is 5.71. The molecule has 0 saturated heterocycles. The third kappa shape index (κ3) is 4.98. The third-order valence-electron chi connectivity index (χ3n) is 5.18. The van der Waals surface area contributed by atoms with Crippen LogP contribution in [-0.2, 0) is 19.8 Å². The van der Waals surface area contributed by atoms with Gasteiger partial charge in [0.05, 0.1) is 6.17 Å². The fourth-order valence-corrected chi connectivity index (χ4v) is 10.0. The van der Waals surface area contributed by atoms with E-state index in [4.69, 9.17) is 13.3 Å². The summed E-state index contributed by atoms with van der Waals surface area (Å²) < 4.78 is 19.8. The Balaban J connectivity index is 3.14. The molecule has 0 saturated carbocycles. The first-order valence-electron chi connectivity index (χ1n) is 8.49. The summed E-state index contributed by atoms with van der Waals surface area (Å²) in [7, 11) is 0.912. The number of hydrogen-bond donors (Lipinski definition) is 0. The molecule has 0 aliphatic rings. The molecule has 6 heteroatoms. The van der Waals surface area contributed by atoms with Crippen molar-refractivity contribution in [3.63, 3.8) is 0 Å². The number of nitrogens with zero attached hydrogens (tertiary/aromatic N) is 1. The minimum Gasteiger partial charge on any atom is -0.376 e. The highest BCUT2D eigenvalue weighted by Gasteiger charge is 2.45. The van der Waals surface area contributed by atoms with Gasteiger partial charge >= 0.3 is 8.80 Å². The minimum atomic E-state index is -2.63. The molecular weight excluding hydrogens is 322 g/mol. The van der Waals surface area contributed by atoms with E-state index in [1.165, 1.54) is 23.7 Å². The fraction of sp³-hybridized carbons (Fsp3) is 0.647. The van der Waals surface area contributed by atoms with Crippen LogP contribution in [0.4, 0.5) is 0 Å². The molecule has 1 rings (SSSR count). The third-order valence-corrected chi connectivity index (χ3v) is 13.7. The van der Waals surface area contributed by atoms with Crippen LogP contribution in [0.3, 0.4) is 0 Å². The van der Waals surface area contributed by atoms with Gasteiger partial charge in [0.15, 0.2) is 0 Å². The number of benzene rings is 1. The van der Waals surface area contributed by atoms with Crippen molar-refractivity contribution in [2.24, 2.45) is 0 Å². The molecule has 0 unspecified atom stereocenters. The first-order valence-corrected chi connectivity index (χ1v) is 13.0. The Morgan fingerprint density at radius 1 is 0.826 bits per heavy atom. The molecule has 0 aromatic heterocycles. The highest BCUT2D eigenvalue weighted by atomic mass is 28.4. The number of rotatable bonds is 11. The van der Waals surface area contributed by atoms with Crippen molar-refractivity contribution in [2.75, 3.05) is 27.5 Å². The zero-order chi connectivity index (χ0) is 17.3. The van der Waals surface area contributed by atoms with E-state index in [0.29, 0.717) is 0 Å². The van der Waals surface area contributed by atoms with Gasteiger partial charge < -0.3 is 17.8 Å². The maximum Gasteiger partial charge on any atom is 0.514 e. The van der Waals surface area contributed by atoms with Gasteiger partial charge in [-0.15, -0.1) is 0 Å². The van der Waals surface area contributed by atoms with E-state index in [2.05, 4.69) is 55.7 Å². The topological polar surface area (TPSA) is 30.9 Å². The Hall–Kier alpha value is -0.506. The van der Waals surface area contributed by atoms with Gasteiger partial charge in [-0.3, -0.25) is 0 Å². The van der Waals surface area contributed by atoms with E-state index in [1.54, 1.807) is 21.3 Å². The molecule has 23 heavy (non-hydrogen) atoms. The predicted octanol–water partition coefficient (Wildman–Crippen LogP) is 3.91. The summed E-state index contributed by atoms with van der Waals surface area (Å²) in [5.41, 5.74) is 1.34. The SMILES string of the molecule is CC[Si](CC)(CC)N(Cc1ccccc1)C[Si](OC)(OC)OC. The summed E-state index contributed by atoms with van der Waals surface area (Å²) in [5, 5.41) is 0. The van der Waals surface area contributed by atoms with E-state index >= 15 is 0 Å². The van der Waals surface area contributed by atoms with Gasteiger partial charge in [-0.1, -0.05) is 51.1 Å². The molecular formula is C17H33NO3Si2. The van der Waals surface area contributed by atoms with Gasteiger partial charge in [-0.2, -0.15) is 0 Å². The van der Waals surface area contributed by atoms with Crippen LogP contribution in [0.15, 0.2) is 30.3 Å². The Kier molecular flexibility index (Phi) is 8.67. The first-order chi connectivity index (χ1) is 11.0. The van der Waals surface area contributed by atoms with Crippen LogP contribution in [0.25, 0.3) is 0 Å². The Morgan fingerprint density at radius 3 is 1.70 bits per heavy atom. The summed E-state index contributed by atoms with van der Waals surface area (Å²) in [4.78, 5) is 0. The minimum absolute atomic E-state index is 0.757. The molecule has 0 radical (unpaired) electrons. The summed E-state index contributed by atoms with van der Waals surface area (Å²) in [6.45, 7) is 7.92. The molecule has 1 aromatic rings. The molecule has 0 N–H and O–H groups in total. The second-order valence-corrected chi connectivity index (χ2v) is 14.0. The van der Waals surface area contributed by atoms with Gasteiger partial charge in [-0.05, 0) is 23.7 Å². The lowest BCUT2D eigenvalue weighted by Gasteiger charge is -2.43. The van der Waals surface area contributed by atoms with E-state index in [9.17, 15) is 0 Å². The number of hydrogen-bond acceptors (Lipinski definition) is 4. The smallest absolute Gasteiger partial charge is 0.376 e. The molecule has 0 heterocycles. The van der Waals surface area contributed by atoms with E-state index in [0.717, 1.165) is 12.7 Å². The van der Waals surface area contributed by atoms with Crippen molar-refractivity contribution in [1.29, 1.82) is 0 Å². The quantitative estimate of drug-likeness (QED) is 0.563. The Bertz CT molecular complexity index is 420. The van der Waals surface area contributed by atoms with E-state index in [1.807, 2.05) is 0 Å². The lowest BCUT2D eigenvalue weighted by Crippen LogP contribution is -2.61. The average Bonchev–Trinajstić information content (AvgIpc) is 2.62. The standard InChI is InChI=1S/C17H33NO3Si2/c1-7-22(8-2,9-3)18(15-17-13-11-10-12-14-17)16-23(19-4,20-5)21-6/h10-14H,7-9,15-16H2,1-6H3. The van der Waals surface area contributed by atoms with Crippen molar-refractivity contribution < 1.29 is 13.3 Å². The lowest BCUT2D eigenvalue weighted by molar-refractivity contribution is 0.112. The molecule has 0 aliphatic carbocycles. The normalized spacial score (nSPS) is 12.8. The summed E-state index contributed by atoms with van der Waals surface area (Å²) in [6.07, 6.45) is 0.757. The first kappa shape index (κ1) is 20.5. The molecule has 0 aliphatic heterocycles. The van der Waals surface area contributed by atoms with Gasteiger partial charge in [-0.25, -0.2) is 0 Å². The summed E-state index contributed by atoms with van der Waals surface area (Å²) >= 11 is 0. The Labute approximate surface area is 144 Å². The van der Waals surface area contributed by atoms with Crippen molar-refractivity contribution in [3.05, 3.63) is 35.9 Å². The van der Waals surface area contributed by atoms with E-state index < -0.39 is 17.0 Å². The van der Waals surface area contributed by atoms with Crippen molar-refractivity contribution in [2.45, 2.75) is 45.4 Å². The molecule has 4 nitrogen and oxygen atoms in total. The van der Waals surface area contributed by atoms with Gasteiger partial charge in [0.1, 0.15) is 8.24 Å². The van der Waals surface area contributed by atoms with Crippen molar-refractivity contribution in [1.82, 2.24) is 4.57 Å². The Morgan fingerprint density at radius 2 is 1.30 bits per heavy atom. The predicted molar refractivity (Wildman–Crippen MR) is 101 cm³/mol. The largest absolute Gasteiger partial charge is 0.514 e. The van der Waals surface area contributed by atoms with E-state index in [-0.39, 0.29) is 0 Å². The van der Waals surface area contributed by atoms with Crippen LogP contribution >= 0.6 is 0 Å². The zero-order valence-corrected chi connectivity index (χ0v) is 17.6. The maximum atomic E-state index is 5.71. The second kappa shape index (κ2) is 9.71. The van der Waals surface area contributed by atoms with Crippen LogP contribution in [0, 0.1) is 0 Å².